The van der Waals surface area contributed by atoms with Gasteiger partial charge in [-0.15, -0.1) is 0 Å². The van der Waals surface area contributed by atoms with E-state index in [2.05, 4.69) is 5.10 Å². The number of hydrogen-bond donors (Lipinski definition) is 1. The molecule has 21 heavy (non-hydrogen) atoms. The van der Waals surface area contributed by atoms with Crippen molar-refractivity contribution in [2.45, 2.75) is 52.4 Å². The van der Waals surface area contributed by atoms with Crippen LogP contribution < -0.4 is 5.73 Å². The number of alkyl halides is 3. The molecule has 0 saturated carbocycles. The molecule has 0 radical (unpaired) electrons. The second-order valence-electron chi connectivity index (χ2n) is 4.81. The Balaban J connectivity index is 3.11. The van der Waals surface area contributed by atoms with Gasteiger partial charge in [0.05, 0.1) is 5.69 Å². The first kappa shape index (κ1) is 17.3. The van der Waals surface area contributed by atoms with Crippen LogP contribution in [0, 0.1) is 0 Å². The number of carbonyl (C=O) groups excluding carboxylic acids is 1. The molecule has 1 amide bonds. The molecule has 0 atom stereocenters. The van der Waals surface area contributed by atoms with Gasteiger partial charge in [-0.25, -0.2) is 0 Å². The molecule has 0 aromatic carbocycles. The molecule has 2 N–H and O–H groups in total. The molecule has 0 aliphatic heterocycles. The molecule has 0 aliphatic carbocycles. The number of nitrogens with zero attached hydrogens (tertiary/aromatic N) is 3. The normalized spacial score (nSPS) is 12.0. The molecule has 1 rings (SSSR count). The summed E-state index contributed by atoms with van der Waals surface area (Å²) in [6, 6.07) is -0.495. The zero-order valence-electron chi connectivity index (χ0n) is 12.4. The van der Waals surface area contributed by atoms with Crippen molar-refractivity contribution >= 4 is 11.6 Å². The predicted octanol–water partition coefficient (Wildman–Crippen LogP) is 2.68. The Morgan fingerprint density at radius 1 is 1.38 bits per heavy atom. The zero-order chi connectivity index (χ0) is 16.2. The summed E-state index contributed by atoms with van der Waals surface area (Å²) in [6.45, 7) is 4.49. The van der Waals surface area contributed by atoms with Crippen molar-refractivity contribution in [1.82, 2.24) is 14.7 Å². The van der Waals surface area contributed by atoms with E-state index in [1.165, 1.54) is 10.9 Å². The maximum absolute atomic E-state index is 12.7. The summed E-state index contributed by atoms with van der Waals surface area (Å²) in [5.41, 5.74) is 5.67. The fourth-order valence-electron chi connectivity index (χ4n) is 2.19. The monoisotopic (exact) mass is 306 g/mol. The lowest BCUT2D eigenvalue weighted by atomic mass is 10.1. The number of amides is 1. The van der Waals surface area contributed by atoms with E-state index in [4.69, 9.17) is 5.73 Å². The Labute approximate surface area is 121 Å². The molecule has 0 bridgehead atoms. The van der Waals surface area contributed by atoms with Crippen LogP contribution >= 0.6 is 0 Å². The number of carbonyl (C=O) groups is 1. The molecule has 1 aromatic heterocycles. The van der Waals surface area contributed by atoms with Crippen molar-refractivity contribution in [2.75, 3.05) is 12.3 Å². The summed E-state index contributed by atoms with van der Waals surface area (Å²) >= 11 is 0. The van der Waals surface area contributed by atoms with Gasteiger partial charge in [-0.1, -0.05) is 13.8 Å². The van der Waals surface area contributed by atoms with Crippen LogP contribution in [0.15, 0.2) is 6.20 Å². The van der Waals surface area contributed by atoms with Crippen molar-refractivity contribution < 1.29 is 18.0 Å². The topological polar surface area (TPSA) is 64.2 Å². The number of nitrogen functional groups attached to an aromatic ring is 1. The van der Waals surface area contributed by atoms with Gasteiger partial charge >= 0.3 is 6.18 Å². The van der Waals surface area contributed by atoms with Crippen molar-refractivity contribution in [3.8, 4) is 0 Å². The Morgan fingerprint density at radius 2 is 1.95 bits per heavy atom. The highest BCUT2D eigenvalue weighted by Gasteiger charge is 2.37. The first-order valence-electron chi connectivity index (χ1n) is 6.94. The van der Waals surface area contributed by atoms with Crippen LogP contribution in [0.1, 0.15) is 44.1 Å². The van der Waals surface area contributed by atoms with Crippen molar-refractivity contribution in [1.29, 1.82) is 0 Å². The molecule has 0 saturated heterocycles. The van der Waals surface area contributed by atoms with E-state index in [9.17, 15) is 18.0 Å². The second-order valence-corrected chi connectivity index (χ2v) is 4.81. The van der Waals surface area contributed by atoms with Gasteiger partial charge in [0.2, 0.25) is 0 Å². The van der Waals surface area contributed by atoms with Gasteiger partial charge in [-0.05, 0) is 19.8 Å². The van der Waals surface area contributed by atoms with Crippen LogP contribution in [-0.2, 0) is 6.54 Å². The molecule has 120 valence electrons. The third-order valence-electron chi connectivity index (χ3n) is 3.31. The van der Waals surface area contributed by atoms with Crippen LogP contribution in [0.2, 0.25) is 0 Å². The Kier molecular flexibility index (Phi) is 5.62. The number of aromatic nitrogens is 2. The quantitative estimate of drug-likeness (QED) is 0.879. The standard InChI is InChI=1S/C13H21F3N4O/c1-4-9(5-2)20(8-13(14,15)16)12(21)11-10(17)7-19(6-3)18-11/h7,9H,4-6,8,17H2,1-3H3. The van der Waals surface area contributed by atoms with Gasteiger partial charge < -0.3 is 10.6 Å². The van der Waals surface area contributed by atoms with Crippen LogP contribution in [0.25, 0.3) is 0 Å². The minimum absolute atomic E-state index is 0.0972. The van der Waals surface area contributed by atoms with Gasteiger partial charge in [-0.2, -0.15) is 18.3 Å². The minimum atomic E-state index is -4.46. The van der Waals surface area contributed by atoms with Gasteiger partial charge in [0.25, 0.3) is 5.91 Å². The lowest BCUT2D eigenvalue weighted by Crippen LogP contribution is -2.45. The molecule has 5 nitrogen and oxygen atoms in total. The highest BCUT2D eigenvalue weighted by molar-refractivity contribution is 5.97. The SMILES string of the molecule is CCC(CC)N(CC(F)(F)F)C(=O)c1nn(CC)cc1N. The average Bonchev–Trinajstić information content (AvgIpc) is 2.78. The molecule has 8 heteroatoms. The third kappa shape index (κ3) is 4.37. The Bertz CT molecular complexity index is 480. The van der Waals surface area contributed by atoms with Gasteiger partial charge in [0.1, 0.15) is 6.54 Å². The lowest BCUT2D eigenvalue weighted by molar-refractivity contribution is -0.145. The van der Waals surface area contributed by atoms with E-state index >= 15 is 0 Å². The van der Waals surface area contributed by atoms with E-state index < -0.39 is 24.7 Å². The van der Waals surface area contributed by atoms with E-state index in [1.807, 2.05) is 0 Å². The van der Waals surface area contributed by atoms with Gasteiger partial charge in [0.15, 0.2) is 5.69 Å². The van der Waals surface area contributed by atoms with Crippen LogP contribution in [0.3, 0.4) is 0 Å². The highest BCUT2D eigenvalue weighted by Crippen LogP contribution is 2.23. The summed E-state index contributed by atoms with van der Waals surface area (Å²) in [7, 11) is 0. The van der Waals surface area contributed by atoms with E-state index in [0.717, 1.165) is 4.90 Å². The molecular formula is C13H21F3N4O. The number of aryl methyl sites for hydroxylation is 1. The maximum Gasteiger partial charge on any atom is 0.406 e. The fourth-order valence-corrected chi connectivity index (χ4v) is 2.19. The average molecular weight is 306 g/mol. The minimum Gasteiger partial charge on any atom is -0.396 e. The Morgan fingerprint density at radius 3 is 2.33 bits per heavy atom. The van der Waals surface area contributed by atoms with Crippen molar-refractivity contribution in [3.63, 3.8) is 0 Å². The largest absolute Gasteiger partial charge is 0.406 e. The zero-order valence-corrected chi connectivity index (χ0v) is 12.4. The summed E-state index contributed by atoms with van der Waals surface area (Å²) in [5, 5.41) is 3.96. The number of rotatable bonds is 6. The molecule has 0 aliphatic rings. The maximum atomic E-state index is 12.7. The second kappa shape index (κ2) is 6.82. The van der Waals surface area contributed by atoms with Crippen LogP contribution in [0.4, 0.5) is 18.9 Å². The third-order valence-corrected chi connectivity index (χ3v) is 3.31. The number of hydrogen-bond acceptors (Lipinski definition) is 3. The van der Waals surface area contributed by atoms with Crippen LogP contribution in [0.5, 0.6) is 0 Å². The number of halogens is 3. The van der Waals surface area contributed by atoms with E-state index in [-0.39, 0.29) is 11.4 Å². The first-order chi connectivity index (χ1) is 9.73. The molecular weight excluding hydrogens is 285 g/mol. The number of anilines is 1. The lowest BCUT2D eigenvalue weighted by Gasteiger charge is -2.30. The summed E-state index contributed by atoms with van der Waals surface area (Å²) in [6.07, 6.45) is -2.13. The predicted molar refractivity (Wildman–Crippen MR) is 73.8 cm³/mol. The van der Waals surface area contributed by atoms with Crippen molar-refractivity contribution in [2.24, 2.45) is 0 Å². The molecule has 0 spiro atoms. The van der Waals surface area contributed by atoms with E-state index in [1.54, 1.807) is 20.8 Å². The molecule has 1 heterocycles. The molecule has 0 fully saturated rings. The molecule has 1 aromatic rings. The summed E-state index contributed by atoms with van der Waals surface area (Å²) in [5.74, 6) is -0.772. The fraction of sp³-hybridized carbons (Fsp3) is 0.692. The van der Waals surface area contributed by atoms with Gasteiger partial charge in [0, 0.05) is 18.8 Å². The Hall–Kier alpha value is -1.73. The van der Waals surface area contributed by atoms with Crippen LogP contribution in [-0.4, -0.2) is 39.4 Å². The van der Waals surface area contributed by atoms with Gasteiger partial charge in [-0.3, -0.25) is 9.48 Å². The number of nitrogens with two attached hydrogens (primary N) is 1. The molecule has 0 unspecified atom stereocenters. The summed E-state index contributed by atoms with van der Waals surface area (Å²) in [4.78, 5) is 13.2. The highest BCUT2D eigenvalue weighted by atomic mass is 19.4. The first-order valence-corrected chi connectivity index (χ1v) is 6.94. The smallest absolute Gasteiger partial charge is 0.396 e. The summed E-state index contributed by atoms with van der Waals surface area (Å²) < 4.78 is 39.6. The van der Waals surface area contributed by atoms with E-state index in [0.29, 0.717) is 19.4 Å². The van der Waals surface area contributed by atoms with Crippen molar-refractivity contribution in [3.05, 3.63) is 11.9 Å².